The molecular weight excluding hydrogens is 310 g/mol. The highest BCUT2D eigenvalue weighted by Crippen LogP contribution is 2.20. The first-order chi connectivity index (χ1) is 8.66. The number of halogens is 1. The molecule has 0 saturated carbocycles. The van der Waals surface area contributed by atoms with Crippen LogP contribution in [0.15, 0.2) is 52.5 Å². The highest BCUT2D eigenvalue weighted by atomic mass is 79.9. The summed E-state index contributed by atoms with van der Waals surface area (Å²) in [7, 11) is 0. The molecule has 0 saturated heterocycles. The SMILES string of the molecule is Cc1cc(NC=CC(=O)c2cccs2)ccc1Br. The first kappa shape index (κ1) is 13.1. The number of carbonyl (C=O) groups excluding carboxylic acids is 1. The number of allylic oxidation sites excluding steroid dienone is 1. The van der Waals surface area contributed by atoms with E-state index in [4.69, 9.17) is 0 Å². The molecule has 0 aliphatic carbocycles. The van der Waals surface area contributed by atoms with Crippen LogP contribution in [0, 0.1) is 6.92 Å². The molecule has 2 rings (SSSR count). The van der Waals surface area contributed by atoms with E-state index in [0.29, 0.717) is 0 Å². The molecule has 2 nitrogen and oxygen atoms in total. The minimum Gasteiger partial charge on any atom is -0.362 e. The van der Waals surface area contributed by atoms with E-state index in [2.05, 4.69) is 21.2 Å². The monoisotopic (exact) mass is 321 g/mol. The first-order valence-corrected chi connectivity index (χ1v) is 7.11. The zero-order valence-corrected chi connectivity index (χ0v) is 12.2. The number of hydrogen-bond acceptors (Lipinski definition) is 3. The summed E-state index contributed by atoms with van der Waals surface area (Å²) in [5, 5.41) is 4.98. The van der Waals surface area contributed by atoms with Crippen molar-refractivity contribution in [3.8, 4) is 0 Å². The molecule has 0 bridgehead atoms. The summed E-state index contributed by atoms with van der Waals surface area (Å²) in [5.41, 5.74) is 2.11. The Morgan fingerprint density at radius 1 is 1.39 bits per heavy atom. The minimum absolute atomic E-state index is 0.0198. The third kappa shape index (κ3) is 3.31. The van der Waals surface area contributed by atoms with Gasteiger partial charge in [0.25, 0.3) is 0 Å². The van der Waals surface area contributed by atoms with Gasteiger partial charge in [0, 0.05) is 22.4 Å². The van der Waals surface area contributed by atoms with Crippen LogP contribution in [0.5, 0.6) is 0 Å². The molecular formula is C14H12BrNOS. The van der Waals surface area contributed by atoms with Gasteiger partial charge in [0.1, 0.15) is 0 Å². The van der Waals surface area contributed by atoms with Gasteiger partial charge in [-0.3, -0.25) is 4.79 Å². The Bertz CT molecular complexity index is 575. The van der Waals surface area contributed by atoms with Gasteiger partial charge >= 0.3 is 0 Å². The zero-order chi connectivity index (χ0) is 13.0. The molecule has 1 heterocycles. The largest absolute Gasteiger partial charge is 0.362 e. The van der Waals surface area contributed by atoms with Crippen LogP contribution in [-0.2, 0) is 0 Å². The second-order valence-electron chi connectivity index (χ2n) is 3.78. The minimum atomic E-state index is 0.0198. The molecule has 0 unspecified atom stereocenters. The topological polar surface area (TPSA) is 29.1 Å². The molecule has 0 fully saturated rings. The molecule has 0 aliphatic rings. The summed E-state index contributed by atoms with van der Waals surface area (Å²) >= 11 is 4.90. The molecule has 1 aromatic heterocycles. The lowest BCUT2D eigenvalue weighted by Gasteiger charge is -2.03. The summed E-state index contributed by atoms with van der Waals surface area (Å²) in [6.07, 6.45) is 3.22. The summed E-state index contributed by atoms with van der Waals surface area (Å²) in [6.45, 7) is 2.02. The van der Waals surface area contributed by atoms with Crippen molar-refractivity contribution < 1.29 is 4.79 Å². The molecule has 1 aromatic carbocycles. The predicted molar refractivity (Wildman–Crippen MR) is 80.3 cm³/mol. The Morgan fingerprint density at radius 3 is 2.89 bits per heavy atom. The zero-order valence-electron chi connectivity index (χ0n) is 9.81. The molecule has 2 aromatic rings. The molecule has 0 spiro atoms. The number of nitrogens with one attached hydrogen (secondary N) is 1. The van der Waals surface area contributed by atoms with Gasteiger partial charge in [-0.1, -0.05) is 22.0 Å². The number of thiophene rings is 1. The van der Waals surface area contributed by atoms with Crippen LogP contribution in [0.25, 0.3) is 0 Å². The smallest absolute Gasteiger partial charge is 0.197 e. The third-order valence-corrected chi connectivity index (χ3v) is 4.18. The van der Waals surface area contributed by atoms with E-state index in [0.717, 1.165) is 20.6 Å². The molecule has 0 aliphatic heterocycles. The molecule has 0 amide bonds. The number of ketones is 1. The van der Waals surface area contributed by atoms with Crippen LogP contribution in [0.4, 0.5) is 5.69 Å². The fourth-order valence-electron chi connectivity index (χ4n) is 1.45. The summed E-state index contributed by atoms with van der Waals surface area (Å²) in [4.78, 5) is 12.4. The predicted octanol–water partition coefficient (Wildman–Crippen LogP) is 4.63. The van der Waals surface area contributed by atoms with Gasteiger partial charge in [-0.2, -0.15) is 0 Å². The van der Waals surface area contributed by atoms with E-state index in [9.17, 15) is 4.79 Å². The number of carbonyl (C=O) groups is 1. The van der Waals surface area contributed by atoms with Crippen LogP contribution in [0.1, 0.15) is 15.2 Å². The van der Waals surface area contributed by atoms with E-state index in [1.807, 2.05) is 42.6 Å². The van der Waals surface area contributed by atoms with E-state index in [-0.39, 0.29) is 5.78 Å². The van der Waals surface area contributed by atoms with Crippen molar-refractivity contribution in [3.05, 3.63) is 62.9 Å². The van der Waals surface area contributed by atoms with Crippen molar-refractivity contribution in [3.63, 3.8) is 0 Å². The van der Waals surface area contributed by atoms with Crippen molar-refractivity contribution >= 4 is 38.7 Å². The van der Waals surface area contributed by atoms with Gasteiger partial charge in [-0.05, 0) is 42.1 Å². The van der Waals surface area contributed by atoms with Crippen LogP contribution < -0.4 is 5.32 Å². The fraction of sp³-hybridized carbons (Fsp3) is 0.0714. The average Bonchev–Trinajstić information content (AvgIpc) is 2.87. The quantitative estimate of drug-likeness (QED) is 0.657. The number of rotatable bonds is 4. The highest BCUT2D eigenvalue weighted by Gasteiger charge is 2.01. The van der Waals surface area contributed by atoms with E-state index in [1.165, 1.54) is 11.3 Å². The average molecular weight is 322 g/mol. The van der Waals surface area contributed by atoms with Crippen LogP contribution in [-0.4, -0.2) is 5.78 Å². The van der Waals surface area contributed by atoms with E-state index in [1.54, 1.807) is 12.3 Å². The van der Waals surface area contributed by atoms with Crippen LogP contribution in [0.2, 0.25) is 0 Å². The van der Waals surface area contributed by atoms with Crippen LogP contribution >= 0.6 is 27.3 Å². The van der Waals surface area contributed by atoms with Gasteiger partial charge in [-0.15, -0.1) is 11.3 Å². The van der Waals surface area contributed by atoms with E-state index < -0.39 is 0 Å². The Labute approximate surface area is 118 Å². The lowest BCUT2D eigenvalue weighted by atomic mass is 10.2. The van der Waals surface area contributed by atoms with Gasteiger partial charge in [0.15, 0.2) is 5.78 Å². The summed E-state index contributed by atoms with van der Waals surface area (Å²) in [5.74, 6) is 0.0198. The molecule has 4 heteroatoms. The fourth-order valence-corrected chi connectivity index (χ4v) is 2.34. The summed E-state index contributed by atoms with van der Waals surface area (Å²) < 4.78 is 1.08. The number of anilines is 1. The van der Waals surface area contributed by atoms with E-state index >= 15 is 0 Å². The van der Waals surface area contributed by atoms with Crippen molar-refractivity contribution in [2.75, 3.05) is 5.32 Å². The van der Waals surface area contributed by atoms with Crippen molar-refractivity contribution in [1.82, 2.24) is 0 Å². The number of benzene rings is 1. The normalized spacial score (nSPS) is 10.8. The van der Waals surface area contributed by atoms with Crippen LogP contribution in [0.3, 0.4) is 0 Å². The lowest BCUT2D eigenvalue weighted by Crippen LogP contribution is -1.93. The number of hydrogen-bond donors (Lipinski definition) is 1. The summed E-state index contributed by atoms with van der Waals surface area (Å²) in [6, 6.07) is 9.64. The maximum atomic E-state index is 11.7. The third-order valence-electron chi connectivity index (χ3n) is 2.41. The van der Waals surface area contributed by atoms with Gasteiger partial charge in [0.2, 0.25) is 0 Å². The lowest BCUT2D eigenvalue weighted by molar-refractivity contribution is 0.105. The molecule has 0 atom stereocenters. The Hall–Kier alpha value is -1.39. The maximum Gasteiger partial charge on any atom is 0.197 e. The Balaban J connectivity index is 1.99. The Morgan fingerprint density at radius 2 is 2.22 bits per heavy atom. The maximum absolute atomic E-state index is 11.7. The van der Waals surface area contributed by atoms with Gasteiger partial charge in [0.05, 0.1) is 4.88 Å². The Kier molecular flexibility index (Phi) is 4.33. The first-order valence-electron chi connectivity index (χ1n) is 5.44. The van der Waals surface area contributed by atoms with Crippen molar-refractivity contribution in [1.29, 1.82) is 0 Å². The van der Waals surface area contributed by atoms with Crippen molar-refractivity contribution in [2.24, 2.45) is 0 Å². The van der Waals surface area contributed by atoms with Gasteiger partial charge < -0.3 is 5.32 Å². The van der Waals surface area contributed by atoms with Crippen molar-refractivity contribution in [2.45, 2.75) is 6.92 Å². The standard InChI is InChI=1S/C14H12BrNOS/c1-10-9-11(4-5-12(10)15)16-7-6-13(17)14-3-2-8-18-14/h2-9,16H,1H3. The highest BCUT2D eigenvalue weighted by molar-refractivity contribution is 9.10. The molecule has 92 valence electrons. The molecule has 0 radical (unpaired) electrons. The number of aryl methyl sites for hydroxylation is 1. The second-order valence-corrected chi connectivity index (χ2v) is 5.59. The second kappa shape index (κ2) is 5.98. The molecule has 1 N–H and O–H groups in total. The van der Waals surface area contributed by atoms with Gasteiger partial charge in [-0.25, -0.2) is 0 Å². The molecule has 18 heavy (non-hydrogen) atoms.